The molecule has 0 saturated heterocycles. The first-order valence-corrected chi connectivity index (χ1v) is 5.45. The van der Waals surface area contributed by atoms with Crippen LogP contribution in [0.2, 0.25) is 0 Å². The summed E-state index contributed by atoms with van der Waals surface area (Å²) in [5.74, 6) is -0.0220. The van der Waals surface area contributed by atoms with Crippen molar-refractivity contribution in [2.24, 2.45) is 0 Å². The zero-order valence-electron chi connectivity index (χ0n) is 9.54. The lowest BCUT2D eigenvalue weighted by Crippen LogP contribution is -2.34. The number of nitro groups is 1. The average Bonchev–Trinajstić information content (AvgIpc) is 2.50. The van der Waals surface area contributed by atoms with E-state index in [1.807, 2.05) is 0 Å². The quantitative estimate of drug-likeness (QED) is 0.621. The molecular weight excluding hydrogens is 240 g/mol. The van der Waals surface area contributed by atoms with E-state index in [0.717, 1.165) is 0 Å². The molecule has 1 amide bonds. The van der Waals surface area contributed by atoms with Gasteiger partial charge >= 0.3 is 0 Å². The summed E-state index contributed by atoms with van der Waals surface area (Å²) in [5, 5.41) is 19.6. The molecule has 96 valence electrons. The van der Waals surface area contributed by atoms with Crippen LogP contribution in [0.1, 0.15) is 10.4 Å². The minimum absolute atomic E-state index is 0.156. The molecule has 0 atom stereocenters. The number of nitrogens with zero attached hydrogens (tertiary/aromatic N) is 2. The van der Waals surface area contributed by atoms with E-state index in [1.165, 1.54) is 23.1 Å². The van der Waals surface area contributed by atoms with Crippen LogP contribution in [0, 0.1) is 10.1 Å². The fraction of sp³-hybridized carbons (Fsp3) is 0.364. The smallest absolute Gasteiger partial charge is 0.270 e. The third-order valence-electron chi connectivity index (χ3n) is 2.68. The maximum atomic E-state index is 12.1. The number of aliphatic hydroxyl groups is 1. The molecule has 1 aliphatic heterocycles. The SMILES string of the molecule is O=C1c2cc([N+](=O)[O-])ccc2OCCN1CCO. The van der Waals surface area contributed by atoms with Gasteiger partial charge in [0.1, 0.15) is 12.4 Å². The molecule has 0 fully saturated rings. The van der Waals surface area contributed by atoms with Crippen molar-refractivity contribution in [2.75, 3.05) is 26.3 Å². The van der Waals surface area contributed by atoms with Crippen LogP contribution in [0.15, 0.2) is 18.2 Å². The van der Waals surface area contributed by atoms with Crippen molar-refractivity contribution < 1.29 is 19.6 Å². The molecule has 18 heavy (non-hydrogen) atoms. The number of β-amino-alcohol motifs (C(OH)–C–C–N with tert-alkyl or cyclic N) is 1. The fourth-order valence-corrected chi connectivity index (χ4v) is 1.80. The van der Waals surface area contributed by atoms with E-state index in [1.54, 1.807) is 0 Å². The lowest BCUT2D eigenvalue weighted by atomic mass is 10.1. The van der Waals surface area contributed by atoms with Crippen LogP contribution in [0.4, 0.5) is 5.69 Å². The molecule has 7 nitrogen and oxygen atoms in total. The number of carbonyl (C=O) groups excluding carboxylic acids is 1. The van der Waals surface area contributed by atoms with Gasteiger partial charge in [0.15, 0.2) is 0 Å². The first-order valence-electron chi connectivity index (χ1n) is 5.45. The van der Waals surface area contributed by atoms with Gasteiger partial charge in [0, 0.05) is 18.7 Å². The summed E-state index contributed by atoms with van der Waals surface area (Å²) in [4.78, 5) is 23.7. The van der Waals surface area contributed by atoms with E-state index in [0.29, 0.717) is 18.9 Å². The summed E-state index contributed by atoms with van der Waals surface area (Å²) in [6.07, 6.45) is 0. The minimum Gasteiger partial charge on any atom is -0.491 e. The Hall–Kier alpha value is -2.15. The number of hydrogen-bond donors (Lipinski definition) is 1. The zero-order valence-corrected chi connectivity index (χ0v) is 9.54. The molecule has 0 aliphatic carbocycles. The van der Waals surface area contributed by atoms with Crippen LogP contribution in [-0.4, -0.2) is 47.1 Å². The zero-order chi connectivity index (χ0) is 13.1. The van der Waals surface area contributed by atoms with E-state index in [4.69, 9.17) is 9.84 Å². The number of fused-ring (bicyclic) bond motifs is 1. The van der Waals surface area contributed by atoms with Gasteiger partial charge in [0.25, 0.3) is 11.6 Å². The largest absolute Gasteiger partial charge is 0.491 e. The maximum Gasteiger partial charge on any atom is 0.270 e. The lowest BCUT2D eigenvalue weighted by Gasteiger charge is -2.17. The highest BCUT2D eigenvalue weighted by Gasteiger charge is 2.25. The number of rotatable bonds is 3. The molecule has 0 unspecified atom stereocenters. The number of carbonyl (C=O) groups is 1. The molecule has 1 N–H and O–H groups in total. The summed E-state index contributed by atoms with van der Waals surface area (Å²) >= 11 is 0. The molecule has 0 bridgehead atoms. The maximum absolute atomic E-state index is 12.1. The van der Waals surface area contributed by atoms with Crippen LogP contribution < -0.4 is 4.74 Å². The van der Waals surface area contributed by atoms with E-state index < -0.39 is 4.92 Å². The second-order valence-corrected chi connectivity index (χ2v) is 3.80. The van der Waals surface area contributed by atoms with E-state index in [2.05, 4.69) is 0 Å². The molecule has 0 radical (unpaired) electrons. The van der Waals surface area contributed by atoms with Crippen molar-refractivity contribution in [3.63, 3.8) is 0 Å². The van der Waals surface area contributed by atoms with Crippen molar-refractivity contribution in [3.8, 4) is 5.75 Å². The first kappa shape index (κ1) is 12.3. The summed E-state index contributed by atoms with van der Waals surface area (Å²) in [6, 6.07) is 3.93. The standard InChI is InChI=1S/C11H12N2O5/c14-5-3-12-4-6-18-10-2-1-8(13(16)17)7-9(10)11(12)15/h1-2,7,14H,3-6H2. The summed E-state index contributed by atoms with van der Waals surface area (Å²) in [6.45, 7) is 0.679. The number of hydrogen-bond acceptors (Lipinski definition) is 5. The van der Waals surface area contributed by atoms with Gasteiger partial charge < -0.3 is 14.7 Å². The second kappa shape index (κ2) is 5.01. The molecule has 1 heterocycles. The molecule has 1 aromatic carbocycles. The van der Waals surface area contributed by atoms with Gasteiger partial charge in [-0.1, -0.05) is 0 Å². The predicted molar refractivity (Wildman–Crippen MR) is 61.6 cm³/mol. The van der Waals surface area contributed by atoms with Gasteiger partial charge in [-0.3, -0.25) is 14.9 Å². The highest BCUT2D eigenvalue weighted by molar-refractivity contribution is 5.98. The minimum atomic E-state index is -0.561. The van der Waals surface area contributed by atoms with Gasteiger partial charge in [0.05, 0.1) is 23.6 Å². The Morgan fingerprint density at radius 1 is 1.50 bits per heavy atom. The lowest BCUT2D eigenvalue weighted by molar-refractivity contribution is -0.384. The van der Waals surface area contributed by atoms with Gasteiger partial charge in [-0.25, -0.2) is 0 Å². The van der Waals surface area contributed by atoms with Gasteiger partial charge in [0.2, 0.25) is 0 Å². The van der Waals surface area contributed by atoms with Gasteiger partial charge in [-0.05, 0) is 6.07 Å². The highest BCUT2D eigenvalue weighted by atomic mass is 16.6. The predicted octanol–water partition coefficient (Wildman–Crippen LogP) is 0.422. The second-order valence-electron chi connectivity index (χ2n) is 3.80. The van der Waals surface area contributed by atoms with Crippen molar-refractivity contribution in [1.29, 1.82) is 0 Å². The van der Waals surface area contributed by atoms with Crippen molar-refractivity contribution in [2.45, 2.75) is 0 Å². The number of benzene rings is 1. The number of ether oxygens (including phenoxy) is 1. The average molecular weight is 252 g/mol. The van der Waals surface area contributed by atoms with Crippen LogP contribution >= 0.6 is 0 Å². The van der Waals surface area contributed by atoms with Crippen molar-refractivity contribution in [3.05, 3.63) is 33.9 Å². The van der Waals surface area contributed by atoms with Gasteiger partial charge in [-0.15, -0.1) is 0 Å². The molecule has 0 aromatic heterocycles. The number of aliphatic hydroxyl groups excluding tert-OH is 1. The molecule has 1 aliphatic rings. The Morgan fingerprint density at radius 3 is 2.94 bits per heavy atom. The Balaban J connectivity index is 2.40. The van der Waals surface area contributed by atoms with Crippen molar-refractivity contribution in [1.82, 2.24) is 4.90 Å². The molecule has 7 heteroatoms. The van der Waals surface area contributed by atoms with E-state index in [9.17, 15) is 14.9 Å². The number of nitro benzene ring substituents is 1. The monoisotopic (exact) mass is 252 g/mol. The van der Waals surface area contributed by atoms with Gasteiger partial charge in [-0.2, -0.15) is 0 Å². The molecule has 0 saturated carbocycles. The van der Waals surface area contributed by atoms with Crippen LogP contribution in [0.5, 0.6) is 5.75 Å². The topological polar surface area (TPSA) is 92.9 Å². The molecule has 2 rings (SSSR count). The Labute approximate surface area is 103 Å². The molecule has 1 aromatic rings. The van der Waals surface area contributed by atoms with Crippen LogP contribution in [0.25, 0.3) is 0 Å². The van der Waals surface area contributed by atoms with E-state index >= 15 is 0 Å². The Morgan fingerprint density at radius 2 is 2.28 bits per heavy atom. The van der Waals surface area contributed by atoms with Crippen LogP contribution in [0.3, 0.4) is 0 Å². The van der Waals surface area contributed by atoms with Crippen LogP contribution in [-0.2, 0) is 0 Å². The summed E-state index contributed by atoms with van der Waals surface area (Å²) in [5.41, 5.74) is 0.00620. The normalized spacial score (nSPS) is 14.7. The first-order chi connectivity index (χ1) is 8.63. The highest BCUT2D eigenvalue weighted by Crippen LogP contribution is 2.27. The molecule has 0 spiro atoms. The van der Waals surface area contributed by atoms with Crippen molar-refractivity contribution >= 4 is 11.6 Å². The van der Waals surface area contributed by atoms with E-state index in [-0.39, 0.29) is 30.3 Å². The third kappa shape index (κ3) is 2.25. The molecular formula is C11H12N2O5. The third-order valence-corrected chi connectivity index (χ3v) is 2.68. The Kier molecular flexibility index (Phi) is 3.42. The number of non-ortho nitro benzene ring substituents is 1. The summed E-state index contributed by atoms with van der Waals surface area (Å²) in [7, 11) is 0. The Bertz CT molecular complexity index is 488. The summed E-state index contributed by atoms with van der Waals surface area (Å²) < 4.78 is 5.36. The number of amides is 1. The fourth-order valence-electron chi connectivity index (χ4n) is 1.80.